The number of carbonyl (C=O) groups is 2. The molecule has 2 amide bonds. The van der Waals surface area contributed by atoms with Crippen LogP contribution in [0.1, 0.15) is 28.2 Å². The largest absolute Gasteiger partial charge is 0.422 e. The second-order valence-electron chi connectivity index (χ2n) is 5.90. The molecule has 5 nitrogen and oxygen atoms in total. The zero-order chi connectivity index (χ0) is 20.1. The van der Waals surface area contributed by atoms with Gasteiger partial charge in [0.15, 0.2) is 0 Å². The van der Waals surface area contributed by atoms with Gasteiger partial charge in [0.2, 0.25) is 0 Å². The molecule has 2 aromatic carbocycles. The summed E-state index contributed by atoms with van der Waals surface area (Å²) in [6.07, 6.45) is 0. The monoisotopic (exact) mass is 416 g/mol. The number of nitrogens with zero attached hydrogens (tertiary/aromatic N) is 1. The second-order valence-corrected chi connectivity index (χ2v) is 7.24. The number of hydrogen-bond donors (Lipinski definition) is 2. The fraction of sp³-hybridized carbons (Fsp3) is 0.100. The zero-order valence-corrected chi connectivity index (χ0v) is 16.5. The number of hydrogen-bond acceptors (Lipinski definition) is 5. The number of nitrogens with one attached hydrogen (secondary N) is 1. The molecular weight excluding hydrogens is 399 g/mol. The van der Waals surface area contributed by atoms with Gasteiger partial charge in [0.05, 0.1) is 11.7 Å². The highest BCUT2D eigenvalue weighted by Crippen LogP contribution is 2.23. The van der Waals surface area contributed by atoms with Crippen molar-refractivity contribution in [3.05, 3.63) is 82.3 Å². The number of amides is 2. The first-order valence-electron chi connectivity index (χ1n) is 8.35. The summed E-state index contributed by atoms with van der Waals surface area (Å²) >= 11 is 5.52. The van der Waals surface area contributed by atoms with E-state index in [2.05, 4.69) is 18.1 Å². The maximum atomic E-state index is 13.0. The number of anilines is 1. The van der Waals surface area contributed by atoms with Gasteiger partial charge < -0.3 is 10.1 Å². The van der Waals surface area contributed by atoms with Gasteiger partial charge in [-0.1, -0.05) is 31.0 Å². The van der Waals surface area contributed by atoms with E-state index in [0.29, 0.717) is 16.3 Å². The van der Waals surface area contributed by atoms with Gasteiger partial charge in [-0.2, -0.15) is 0 Å². The molecule has 0 spiro atoms. The first-order valence-corrected chi connectivity index (χ1v) is 9.62. The van der Waals surface area contributed by atoms with Gasteiger partial charge in [-0.25, -0.2) is 18.3 Å². The van der Waals surface area contributed by atoms with Gasteiger partial charge in [0.1, 0.15) is 16.4 Å². The van der Waals surface area contributed by atoms with E-state index in [0.717, 1.165) is 9.87 Å². The topological polar surface area (TPSA) is 58.6 Å². The fourth-order valence-electron chi connectivity index (χ4n) is 2.41. The van der Waals surface area contributed by atoms with Crippen molar-refractivity contribution in [1.29, 1.82) is 0 Å². The summed E-state index contributed by atoms with van der Waals surface area (Å²) in [5.74, 6) is -0.404. The number of carbonyl (C=O) groups excluding carboxylic acids is 2. The summed E-state index contributed by atoms with van der Waals surface area (Å²) in [7, 11) is 0. The Morgan fingerprint density at radius 3 is 2.39 bits per heavy atom. The smallest absolute Gasteiger partial charge is 0.353 e. The third-order valence-electron chi connectivity index (χ3n) is 3.92. The highest BCUT2D eigenvalue weighted by Gasteiger charge is 2.16. The van der Waals surface area contributed by atoms with E-state index in [4.69, 9.17) is 4.74 Å². The molecule has 0 bridgehead atoms. The number of urea groups is 1. The van der Waals surface area contributed by atoms with E-state index in [1.54, 1.807) is 60.8 Å². The van der Waals surface area contributed by atoms with Crippen molar-refractivity contribution in [3.8, 4) is 5.75 Å². The molecule has 0 aliphatic rings. The van der Waals surface area contributed by atoms with Crippen molar-refractivity contribution in [2.75, 3.05) is 4.31 Å². The van der Waals surface area contributed by atoms with Gasteiger partial charge in [0.25, 0.3) is 0 Å². The lowest BCUT2D eigenvalue weighted by atomic mass is 10.1. The Labute approximate surface area is 171 Å². The third-order valence-corrected chi connectivity index (χ3v) is 5.18. The summed E-state index contributed by atoms with van der Waals surface area (Å²) in [6, 6.07) is 15.0. The molecule has 1 heterocycles. The molecule has 28 heavy (non-hydrogen) atoms. The summed E-state index contributed by atoms with van der Waals surface area (Å²) < 4.78 is 19.4. The van der Waals surface area contributed by atoms with Crippen LogP contribution in [0.4, 0.5) is 14.9 Å². The van der Waals surface area contributed by atoms with E-state index in [1.165, 1.54) is 23.5 Å². The SMILES string of the molecule is CC(NC(=O)N(S)c1ccc(OC(=O)c2cccs2)cc1)c1ccc(F)cc1. The molecule has 144 valence electrons. The minimum absolute atomic E-state index is 0.325. The fourth-order valence-corrected chi connectivity index (χ4v) is 3.20. The van der Waals surface area contributed by atoms with Crippen molar-refractivity contribution in [1.82, 2.24) is 5.32 Å². The second kappa shape index (κ2) is 8.90. The molecule has 0 fully saturated rings. The molecular formula is C20H17FN2O3S2. The van der Waals surface area contributed by atoms with Crippen LogP contribution in [0.15, 0.2) is 66.0 Å². The quantitative estimate of drug-likeness (QED) is 0.340. The lowest BCUT2D eigenvalue weighted by Gasteiger charge is -2.20. The van der Waals surface area contributed by atoms with Gasteiger partial charge in [-0.15, -0.1) is 11.3 Å². The minimum Gasteiger partial charge on any atom is -0.422 e. The van der Waals surface area contributed by atoms with E-state index >= 15 is 0 Å². The van der Waals surface area contributed by atoms with Crippen LogP contribution < -0.4 is 14.4 Å². The number of esters is 1. The van der Waals surface area contributed by atoms with Crippen LogP contribution in [0.5, 0.6) is 5.75 Å². The number of thiol groups is 1. The molecule has 1 atom stereocenters. The molecule has 0 aliphatic heterocycles. The first kappa shape index (κ1) is 19.9. The van der Waals surface area contributed by atoms with Crippen LogP contribution in [0.3, 0.4) is 0 Å². The molecule has 0 saturated heterocycles. The Morgan fingerprint density at radius 2 is 1.79 bits per heavy atom. The maximum Gasteiger partial charge on any atom is 0.353 e. The molecule has 0 radical (unpaired) electrons. The van der Waals surface area contributed by atoms with Crippen molar-refractivity contribution in [2.45, 2.75) is 13.0 Å². The minimum atomic E-state index is -0.441. The maximum absolute atomic E-state index is 13.0. The predicted octanol–water partition coefficient (Wildman–Crippen LogP) is 5.23. The molecule has 1 N–H and O–H groups in total. The van der Waals surface area contributed by atoms with Crippen LogP contribution in [-0.4, -0.2) is 12.0 Å². The summed E-state index contributed by atoms with van der Waals surface area (Å²) in [4.78, 5) is 24.9. The lowest BCUT2D eigenvalue weighted by Crippen LogP contribution is -2.35. The van der Waals surface area contributed by atoms with Gasteiger partial charge in [0, 0.05) is 0 Å². The highest BCUT2D eigenvalue weighted by molar-refractivity contribution is 7.82. The average molecular weight is 416 g/mol. The van der Waals surface area contributed by atoms with Crippen LogP contribution in [0.25, 0.3) is 0 Å². The zero-order valence-electron chi connectivity index (χ0n) is 14.8. The lowest BCUT2D eigenvalue weighted by molar-refractivity contribution is 0.0740. The van der Waals surface area contributed by atoms with E-state index < -0.39 is 12.0 Å². The Morgan fingerprint density at radius 1 is 1.11 bits per heavy atom. The van der Waals surface area contributed by atoms with E-state index in [1.807, 2.05) is 0 Å². The molecule has 1 aromatic heterocycles. The Bertz CT molecular complexity index is 945. The van der Waals surface area contributed by atoms with Crippen molar-refractivity contribution >= 4 is 41.8 Å². The molecule has 3 rings (SSSR count). The Kier molecular flexibility index (Phi) is 6.33. The number of rotatable bonds is 5. The highest BCUT2D eigenvalue weighted by atomic mass is 32.1. The summed E-state index contributed by atoms with van der Waals surface area (Å²) in [5, 5.41) is 4.58. The number of ether oxygens (including phenoxy) is 1. The Balaban J connectivity index is 1.60. The summed E-state index contributed by atoms with van der Waals surface area (Å²) in [5.41, 5.74) is 1.27. The van der Waals surface area contributed by atoms with Crippen molar-refractivity contribution < 1.29 is 18.7 Å². The predicted molar refractivity (Wildman–Crippen MR) is 111 cm³/mol. The molecule has 3 aromatic rings. The molecule has 0 aliphatic carbocycles. The molecule has 1 unspecified atom stereocenters. The van der Waals surface area contributed by atoms with Crippen molar-refractivity contribution in [3.63, 3.8) is 0 Å². The summed E-state index contributed by atoms with van der Waals surface area (Å²) in [6.45, 7) is 1.79. The van der Waals surface area contributed by atoms with Crippen molar-refractivity contribution in [2.24, 2.45) is 0 Å². The first-order chi connectivity index (χ1) is 13.4. The van der Waals surface area contributed by atoms with Gasteiger partial charge in [-0.3, -0.25) is 0 Å². The van der Waals surface area contributed by atoms with Crippen LogP contribution >= 0.6 is 24.2 Å². The number of thiophene rings is 1. The average Bonchev–Trinajstić information content (AvgIpc) is 3.23. The third kappa shape index (κ3) is 4.90. The Hall–Kier alpha value is -2.84. The number of halogens is 1. The van der Waals surface area contributed by atoms with Gasteiger partial charge in [-0.05, 0) is 60.3 Å². The van der Waals surface area contributed by atoms with Gasteiger partial charge >= 0.3 is 12.0 Å². The molecule has 8 heteroatoms. The number of benzene rings is 2. The van der Waals surface area contributed by atoms with Crippen LogP contribution in [-0.2, 0) is 0 Å². The normalized spacial score (nSPS) is 11.5. The van der Waals surface area contributed by atoms with E-state index in [9.17, 15) is 14.0 Å². The van der Waals surface area contributed by atoms with Crippen LogP contribution in [0.2, 0.25) is 0 Å². The standard InChI is InChI=1S/C20H17FN2O3S2/c1-13(14-4-6-15(21)7-5-14)22-20(25)23(27)16-8-10-17(11-9-16)26-19(24)18-3-2-12-28-18/h2-13,27H,1H3,(H,22,25). The van der Waals surface area contributed by atoms with E-state index in [-0.39, 0.29) is 11.9 Å². The van der Waals surface area contributed by atoms with Crippen LogP contribution in [0, 0.1) is 5.82 Å². The molecule has 0 saturated carbocycles.